The quantitative estimate of drug-likeness (QED) is 0.754. The standard InChI is InChI=1S/C16H30N2/c1-14(2)17-12-15(3)13-18-10-8-16(9-11-18)6-4-5-7-16/h14,17H,3-13H2,1-2H3. The van der Waals surface area contributed by atoms with Gasteiger partial charge in [0.25, 0.3) is 0 Å². The van der Waals surface area contributed by atoms with Crippen molar-refractivity contribution in [1.82, 2.24) is 10.2 Å². The molecule has 18 heavy (non-hydrogen) atoms. The summed E-state index contributed by atoms with van der Waals surface area (Å²) >= 11 is 0. The summed E-state index contributed by atoms with van der Waals surface area (Å²) in [5.41, 5.74) is 2.08. The highest BCUT2D eigenvalue weighted by Crippen LogP contribution is 2.46. The number of nitrogens with one attached hydrogen (secondary N) is 1. The third-order valence-corrected chi connectivity index (χ3v) is 4.79. The van der Waals surface area contributed by atoms with Crippen LogP contribution in [0.3, 0.4) is 0 Å². The van der Waals surface area contributed by atoms with Crippen LogP contribution in [-0.4, -0.2) is 37.1 Å². The van der Waals surface area contributed by atoms with Crippen molar-refractivity contribution in [2.75, 3.05) is 26.2 Å². The van der Waals surface area contributed by atoms with Crippen molar-refractivity contribution in [3.8, 4) is 0 Å². The summed E-state index contributed by atoms with van der Waals surface area (Å²) in [4.78, 5) is 2.61. The minimum absolute atomic E-state index is 0.560. The summed E-state index contributed by atoms with van der Waals surface area (Å²) in [6.07, 6.45) is 8.80. The minimum Gasteiger partial charge on any atom is -0.311 e. The van der Waals surface area contributed by atoms with Gasteiger partial charge in [0, 0.05) is 19.1 Å². The molecule has 2 aliphatic rings. The molecule has 1 heterocycles. The van der Waals surface area contributed by atoms with Gasteiger partial charge in [-0.2, -0.15) is 0 Å². The predicted molar refractivity (Wildman–Crippen MR) is 78.9 cm³/mol. The number of rotatable bonds is 5. The molecular formula is C16H30N2. The molecule has 2 rings (SSSR count). The second-order valence-electron chi connectivity index (χ2n) is 6.77. The van der Waals surface area contributed by atoms with Crippen molar-refractivity contribution in [3.63, 3.8) is 0 Å². The lowest BCUT2D eigenvalue weighted by Gasteiger charge is -2.39. The van der Waals surface area contributed by atoms with Crippen molar-refractivity contribution in [2.24, 2.45) is 5.41 Å². The Bertz CT molecular complexity index is 267. The van der Waals surface area contributed by atoms with Crippen LogP contribution in [0, 0.1) is 5.41 Å². The number of hydrogen-bond donors (Lipinski definition) is 1. The van der Waals surface area contributed by atoms with Crippen LogP contribution in [0.4, 0.5) is 0 Å². The van der Waals surface area contributed by atoms with Gasteiger partial charge in [0.05, 0.1) is 0 Å². The molecule has 0 amide bonds. The summed E-state index contributed by atoms with van der Waals surface area (Å²) in [7, 11) is 0. The first-order chi connectivity index (χ1) is 8.60. The van der Waals surface area contributed by atoms with Crippen LogP contribution in [0.1, 0.15) is 52.4 Å². The molecule has 0 aromatic heterocycles. The summed E-state index contributed by atoms with van der Waals surface area (Å²) in [6, 6.07) is 0.560. The zero-order chi connectivity index (χ0) is 13.0. The molecule has 104 valence electrons. The average Bonchev–Trinajstić information content (AvgIpc) is 2.79. The lowest BCUT2D eigenvalue weighted by atomic mass is 9.77. The molecule has 0 unspecified atom stereocenters. The Hall–Kier alpha value is -0.340. The summed E-state index contributed by atoms with van der Waals surface area (Å²) in [6.45, 7) is 13.2. The third kappa shape index (κ3) is 3.83. The average molecular weight is 250 g/mol. The van der Waals surface area contributed by atoms with Gasteiger partial charge in [-0.3, -0.25) is 4.90 Å². The molecular weight excluding hydrogens is 220 g/mol. The lowest BCUT2D eigenvalue weighted by molar-refractivity contribution is 0.115. The van der Waals surface area contributed by atoms with E-state index in [0.29, 0.717) is 6.04 Å². The molecule has 1 N–H and O–H groups in total. The molecule has 1 aliphatic heterocycles. The van der Waals surface area contributed by atoms with E-state index in [0.717, 1.165) is 18.5 Å². The Morgan fingerprint density at radius 3 is 2.33 bits per heavy atom. The molecule has 2 fully saturated rings. The van der Waals surface area contributed by atoms with Gasteiger partial charge in [0.15, 0.2) is 0 Å². The van der Waals surface area contributed by atoms with Gasteiger partial charge in [-0.15, -0.1) is 0 Å². The van der Waals surface area contributed by atoms with E-state index in [2.05, 4.69) is 30.6 Å². The Morgan fingerprint density at radius 1 is 1.17 bits per heavy atom. The summed E-state index contributed by atoms with van der Waals surface area (Å²) in [5.74, 6) is 0. The lowest BCUT2D eigenvalue weighted by Crippen LogP contribution is -2.40. The van der Waals surface area contributed by atoms with E-state index >= 15 is 0 Å². The molecule has 0 bridgehead atoms. The Morgan fingerprint density at radius 2 is 1.78 bits per heavy atom. The molecule has 0 radical (unpaired) electrons. The van der Waals surface area contributed by atoms with Crippen molar-refractivity contribution < 1.29 is 0 Å². The Balaban J connectivity index is 1.68. The van der Waals surface area contributed by atoms with Gasteiger partial charge in [-0.05, 0) is 49.8 Å². The number of nitrogens with zero attached hydrogens (tertiary/aromatic N) is 1. The first kappa shape index (κ1) is 14.1. The largest absolute Gasteiger partial charge is 0.311 e. The predicted octanol–water partition coefficient (Wildman–Crippen LogP) is 3.20. The highest BCUT2D eigenvalue weighted by atomic mass is 15.1. The Labute approximate surface area is 113 Å². The van der Waals surface area contributed by atoms with Crippen LogP contribution < -0.4 is 5.32 Å². The first-order valence-electron chi connectivity index (χ1n) is 7.72. The Kier molecular flexibility index (Phi) is 4.85. The highest BCUT2D eigenvalue weighted by molar-refractivity contribution is 5.01. The molecule has 0 atom stereocenters. The second-order valence-corrected chi connectivity index (χ2v) is 6.77. The maximum Gasteiger partial charge on any atom is 0.0202 e. The van der Waals surface area contributed by atoms with Crippen LogP contribution in [0.2, 0.25) is 0 Å². The molecule has 1 aliphatic carbocycles. The number of piperidine rings is 1. The normalized spacial score (nSPS) is 23.9. The number of hydrogen-bond acceptors (Lipinski definition) is 2. The van der Waals surface area contributed by atoms with E-state index in [-0.39, 0.29) is 0 Å². The minimum atomic E-state index is 0.560. The van der Waals surface area contributed by atoms with E-state index in [1.807, 2.05) is 0 Å². The highest BCUT2D eigenvalue weighted by Gasteiger charge is 2.36. The SMILES string of the molecule is C=C(CNC(C)C)CN1CCC2(CCCC2)CC1. The van der Waals surface area contributed by atoms with E-state index < -0.39 is 0 Å². The van der Waals surface area contributed by atoms with E-state index in [9.17, 15) is 0 Å². The fourth-order valence-electron chi connectivity index (χ4n) is 3.53. The van der Waals surface area contributed by atoms with Gasteiger partial charge < -0.3 is 5.32 Å². The van der Waals surface area contributed by atoms with Gasteiger partial charge in [-0.1, -0.05) is 33.3 Å². The van der Waals surface area contributed by atoms with Gasteiger partial charge in [0.1, 0.15) is 0 Å². The maximum atomic E-state index is 4.21. The van der Waals surface area contributed by atoms with Crippen molar-refractivity contribution >= 4 is 0 Å². The fraction of sp³-hybridized carbons (Fsp3) is 0.875. The molecule has 2 heteroatoms. The topological polar surface area (TPSA) is 15.3 Å². The zero-order valence-electron chi connectivity index (χ0n) is 12.3. The van der Waals surface area contributed by atoms with E-state index in [4.69, 9.17) is 0 Å². The van der Waals surface area contributed by atoms with E-state index in [1.165, 1.54) is 57.2 Å². The first-order valence-corrected chi connectivity index (χ1v) is 7.72. The summed E-state index contributed by atoms with van der Waals surface area (Å²) < 4.78 is 0. The zero-order valence-corrected chi connectivity index (χ0v) is 12.3. The van der Waals surface area contributed by atoms with Crippen LogP contribution in [0.5, 0.6) is 0 Å². The maximum absolute atomic E-state index is 4.21. The molecule has 0 aromatic rings. The fourth-order valence-corrected chi connectivity index (χ4v) is 3.53. The summed E-state index contributed by atoms with van der Waals surface area (Å²) in [5, 5.41) is 3.46. The molecule has 1 spiro atoms. The molecule has 1 saturated heterocycles. The van der Waals surface area contributed by atoms with Gasteiger partial charge in [-0.25, -0.2) is 0 Å². The van der Waals surface area contributed by atoms with Crippen LogP contribution >= 0.6 is 0 Å². The third-order valence-electron chi connectivity index (χ3n) is 4.79. The van der Waals surface area contributed by atoms with Gasteiger partial charge in [0.2, 0.25) is 0 Å². The smallest absolute Gasteiger partial charge is 0.0202 e. The molecule has 1 saturated carbocycles. The molecule has 0 aromatic carbocycles. The van der Waals surface area contributed by atoms with E-state index in [1.54, 1.807) is 0 Å². The van der Waals surface area contributed by atoms with Crippen molar-refractivity contribution in [1.29, 1.82) is 0 Å². The monoisotopic (exact) mass is 250 g/mol. The van der Waals surface area contributed by atoms with Gasteiger partial charge >= 0.3 is 0 Å². The van der Waals surface area contributed by atoms with Crippen molar-refractivity contribution in [3.05, 3.63) is 12.2 Å². The number of likely N-dealkylation sites (tertiary alicyclic amines) is 1. The van der Waals surface area contributed by atoms with Crippen LogP contribution in [-0.2, 0) is 0 Å². The second kappa shape index (κ2) is 6.21. The van der Waals surface area contributed by atoms with Crippen LogP contribution in [0.15, 0.2) is 12.2 Å². The molecule has 2 nitrogen and oxygen atoms in total. The van der Waals surface area contributed by atoms with Crippen molar-refractivity contribution in [2.45, 2.75) is 58.4 Å². The van der Waals surface area contributed by atoms with Crippen LogP contribution in [0.25, 0.3) is 0 Å².